The fourth-order valence-corrected chi connectivity index (χ4v) is 4.21. The number of hydrogen-bond acceptors (Lipinski definition) is 10. The highest BCUT2D eigenvalue weighted by Gasteiger charge is 2.51. The summed E-state index contributed by atoms with van der Waals surface area (Å²) >= 11 is 0. The number of carbonyl (C=O) groups excluding carboxylic acids is 4. The van der Waals surface area contributed by atoms with E-state index in [9.17, 15) is 29.1 Å². The van der Waals surface area contributed by atoms with Crippen LogP contribution >= 0.6 is 0 Å². The van der Waals surface area contributed by atoms with Gasteiger partial charge in [0.15, 0.2) is 11.9 Å². The number of ketones is 1. The first-order valence-electron chi connectivity index (χ1n) is 12.4. The van der Waals surface area contributed by atoms with E-state index >= 15 is 0 Å². The Morgan fingerprint density at radius 1 is 0.850 bits per heavy atom. The van der Waals surface area contributed by atoms with E-state index in [1.54, 1.807) is 6.08 Å². The molecule has 1 aliphatic rings. The van der Waals surface area contributed by atoms with E-state index in [1.165, 1.54) is 37.3 Å². The Labute approximate surface area is 230 Å². The molecule has 2 aromatic carbocycles. The summed E-state index contributed by atoms with van der Waals surface area (Å²) in [6, 6.07) is 15.4. The third-order valence-corrected chi connectivity index (χ3v) is 5.87. The van der Waals surface area contributed by atoms with E-state index in [0.717, 1.165) is 19.4 Å². The molecule has 0 unspecified atom stereocenters. The first-order valence-corrected chi connectivity index (χ1v) is 12.4. The SMILES string of the molecule is CC(=O)OC[C@@H]1O[C@H](Oc2ccc(C(=O)/C=C/c3ccccc3)cc2)[C@H](OC(C)=O)[C@H](CC(=O)O)[C@@H]1OC(C)=O. The molecule has 1 heterocycles. The molecule has 0 aliphatic carbocycles. The van der Waals surface area contributed by atoms with Gasteiger partial charge in [0.25, 0.3) is 0 Å². The fourth-order valence-electron chi connectivity index (χ4n) is 4.21. The third kappa shape index (κ3) is 8.77. The number of aliphatic carboxylic acids is 1. The molecule has 11 heteroatoms. The van der Waals surface area contributed by atoms with Gasteiger partial charge >= 0.3 is 23.9 Å². The molecule has 2 aromatic rings. The standard InChI is InChI=1S/C29H30O11/c1-17(30)36-16-25-27(37-18(2)31)23(15-26(34)35)28(38-19(3)32)29(40-25)39-22-12-10-21(11-13-22)24(33)14-9-20-7-5-4-6-8-20/h4-14,23,25,27-29H,15-16H2,1-3H3,(H,34,35)/b14-9+/t23-,25+,27+,28-,29+/m1/s1. The summed E-state index contributed by atoms with van der Waals surface area (Å²) in [7, 11) is 0. The highest BCUT2D eigenvalue weighted by molar-refractivity contribution is 6.06. The molecule has 3 rings (SSSR count). The summed E-state index contributed by atoms with van der Waals surface area (Å²) in [5.41, 5.74) is 1.25. The predicted octanol–water partition coefficient (Wildman–Crippen LogP) is 3.20. The van der Waals surface area contributed by atoms with E-state index < -0.39 is 60.8 Å². The zero-order chi connectivity index (χ0) is 29.2. The van der Waals surface area contributed by atoms with Crippen molar-refractivity contribution in [3.8, 4) is 5.75 Å². The normalized spacial score (nSPS) is 22.2. The van der Waals surface area contributed by atoms with Gasteiger partial charge in [0.1, 0.15) is 24.6 Å². The van der Waals surface area contributed by atoms with Crippen molar-refractivity contribution in [2.45, 2.75) is 51.8 Å². The zero-order valence-electron chi connectivity index (χ0n) is 22.2. The van der Waals surface area contributed by atoms with Crippen LogP contribution in [0.25, 0.3) is 6.08 Å². The average molecular weight is 555 g/mol. The first-order chi connectivity index (χ1) is 19.0. The second kappa shape index (κ2) is 14.0. The molecule has 0 spiro atoms. The van der Waals surface area contributed by atoms with Gasteiger partial charge in [0.2, 0.25) is 6.29 Å². The number of carbonyl (C=O) groups is 5. The van der Waals surface area contributed by atoms with Crippen molar-refractivity contribution < 1.29 is 52.8 Å². The number of allylic oxidation sites excluding steroid dienone is 1. The molecule has 1 fully saturated rings. The summed E-state index contributed by atoms with van der Waals surface area (Å²) in [6.07, 6.45) is -2.46. The first kappa shape index (κ1) is 30.0. The van der Waals surface area contributed by atoms with Crippen LogP contribution in [0.3, 0.4) is 0 Å². The molecule has 11 nitrogen and oxygen atoms in total. The van der Waals surface area contributed by atoms with Crippen LogP contribution < -0.4 is 4.74 Å². The van der Waals surface area contributed by atoms with Gasteiger partial charge < -0.3 is 28.8 Å². The van der Waals surface area contributed by atoms with Crippen molar-refractivity contribution in [2.24, 2.45) is 5.92 Å². The molecule has 5 atom stereocenters. The topological polar surface area (TPSA) is 152 Å². The van der Waals surface area contributed by atoms with Gasteiger partial charge in [0.05, 0.1) is 12.3 Å². The lowest BCUT2D eigenvalue weighted by Gasteiger charge is -2.44. The van der Waals surface area contributed by atoms with Crippen LogP contribution in [-0.4, -0.2) is 66.0 Å². The maximum Gasteiger partial charge on any atom is 0.303 e. The monoisotopic (exact) mass is 554 g/mol. The molecule has 0 bridgehead atoms. The van der Waals surface area contributed by atoms with Crippen molar-refractivity contribution in [2.75, 3.05) is 6.61 Å². The zero-order valence-corrected chi connectivity index (χ0v) is 22.2. The Morgan fingerprint density at radius 2 is 1.48 bits per heavy atom. The molecule has 0 aromatic heterocycles. The summed E-state index contributed by atoms with van der Waals surface area (Å²) < 4.78 is 27.6. The van der Waals surface area contributed by atoms with Crippen molar-refractivity contribution in [3.05, 3.63) is 71.8 Å². The summed E-state index contributed by atoms with van der Waals surface area (Å²) in [6.45, 7) is 3.05. The third-order valence-electron chi connectivity index (χ3n) is 5.87. The van der Waals surface area contributed by atoms with Gasteiger partial charge in [-0.15, -0.1) is 0 Å². The molecule has 1 N–H and O–H groups in total. The van der Waals surface area contributed by atoms with E-state index in [2.05, 4.69) is 0 Å². The van der Waals surface area contributed by atoms with Gasteiger partial charge in [-0.1, -0.05) is 36.4 Å². The number of ether oxygens (including phenoxy) is 5. The second-order valence-corrected chi connectivity index (χ2v) is 9.01. The highest BCUT2D eigenvalue weighted by Crippen LogP contribution is 2.35. The van der Waals surface area contributed by atoms with Gasteiger partial charge in [-0.05, 0) is 35.9 Å². The van der Waals surface area contributed by atoms with E-state index in [1.807, 2.05) is 30.3 Å². The maximum absolute atomic E-state index is 12.6. The van der Waals surface area contributed by atoms with Crippen molar-refractivity contribution in [1.82, 2.24) is 0 Å². The number of carboxylic acid groups (broad SMARTS) is 1. The molecular formula is C29H30O11. The Kier molecular flexibility index (Phi) is 10.5. The van der Waals surface area contributed by atoms with Crippen LogP contribution in [-0.2, 0) is 38.1 Å². The minimum Gasteiger partial charge on any atom is -0.481 e. The second-order valence-electron chi connectivity index (χ2n) is 9.01. The van der Waals surface area contributed by atoms with E-state index in [4.69, 9.17) is 23.7 Å². The molecule has 0 radical (unpaired) electrons. The average Bonchev–Trinajstić information content (AvgIpc) is 2.89. The van der Waals surface area contributed by atoms with Crippen LogP contribution in [0.2, 0.25) is 0 Å². The van der Waals surface area contributed by atoms with Crippen LogP contribution in [0.15, 0.2) is 60.7 Å². The predicted molar refractivity (Wildman–Crippen MR) is 139 cm³/mol. The quantitative estimate of drug-likeness (QED) is 0.189. The van der Waals surface area contributed by atoms with Crippen molar-refractivity contribution in [3.63, 3.8) is 0 Å². The van der Waals surface area contributed by atoms with Gasteiger partial charge in [-0.3, -0.25) is 24.0 Å². The number of hydrogen-bond donors (Lipinski definition) is 1. The van der Waals surface area contributed by atoms with Gasteiger partial charge in [0, 0.05) is 26.3 Å². The Bertz CT molecular complexity index is 1240. The van der Waals surface area contributed by atoms with Gasteiger partial charge in [-0.2, -0.15) is 0 Å². The van der Waals surface area contributed by atoms with Crippen molar-refractivity contribution >= 4 is 35.7 Å². The Hall–Kier alpha value is -4.51. The molecule has 0 amide bonds. The number of esters is 3. The van der Waals surface area contributed by atoms with Crippen LogP contribution in [0, 0.1) is 5.92 Å². The molecule has 1 saturated heterocycles. The van der Waals surface area contributed by atoms with Crippen LogP contribution in [0.4, 0.5) is 0 Å². The van der Waals surface area contributed by atoms with Crippen LogP contribution in [0.5, 0.6) is 5.75 Å². The molecule has 212 valence electrons. The number of rotatable bonds is 11. The molecule has 0 saturated carbocycles. The molecule has 1 aliphatic heterocycles. The number of benzene rings is 2. The lowest BCUT2D eigenvalue weighted by atomic mass is 9.86. The van der Waals surface area contributed by atoms with Gasteiger partial charge in [-0.25, -0.2) is 0 Å². The summed E-state index contributed by atoms with van der Waals surface area (Å²) in [5.74, 6) is -4.50. The molecular weight excluding hydrogens is 524 g/mol. The largest absolute Gasteiger partial charge is 0.481 e. The van der Waals surface area contributed by atoms with E-state index in [-0.39, 0.29) is 18.1 Å². The fraction of sp³-hybridized carbons (Fsp3) is 0.345. The smallest absolute Gasteiger partial charge is 0.303 e. The number of carboxylic acids is 1. The Balaban J connectivity index is 1.86. The van der Waals surface area contributed by atoms with E-state index in [0.29, 0.717) is 5.56 Å². The van der Waals surface area contributed by atoms with Crippen LogP contribution in [0.1, 0.15) is 43.1 Å². The Morgan fingerprint density at radius 3 is 2.05 bits per heavy atom. The molecule has 40 heavy (non-hydrogen) atoms. The minimum atomic E-state index is -1.36. The van der Waals surface area contributed by atoms with Crippen molar-refractivity contribution in [1.29, 1.82) is 0 Å². The lowest BCUT2D eigenvalue weighted by molar-refractivity contribution is -0.274. The summed E-state index contributed by atoms with van der Waals surface area (Å²) in [5, 5.41) is 9.56. The highest BCUT2D eigenvalue weighted by atomic mass is 16.7. The maximum atomic E-state index is 12.6. The lowest BCUT2D eigenvalue weighted by Crippen LogP contribution is -2.60. The minimum absolute atomic E-state index is 0.219. The summed E-state index contributed by atoms with van der Waals surface area (Å²) in [4.78, 5) is 59.6.